The third-order valence-electron chi connectivity index (χ3n) is 5.81. The normalized spacial score (nSPS) is 24.2. The Morgan fingerprint density at radius 3 is 2.41 bits per heavy atom. The molecule has 1 heterocycles. The van der Waals surface area contributed by atoms with Gasteiger partial charge in [0, 0.05) is 18.9 Å². The van der Waals surface area contributed by atoms with Gasteiger partial charge in [0.05, 0.1) is 7.11 Å². The van der Waals surface area contributed by atoms with E-state index >= 15 is 0 Å². The highest BCUT2D eigenvalue weighted by molar-refractivity contribution is 6.63. The van der Waals surface area contributed by atoms with Gasteiger partial charge in [-0.15, -0.1) is 0 Å². The molecule has 0 amide bonds. The number of Topliss-reactive ketones (excluding diaryl/α,β-unsaturated/α-hetero) is 3. The van der Waals surface area contributed by atoms with E-state index in [0.717, 1.165) is 19.3 Å². The lowest BCUT2D eigenvalue weighted by Gasteiger charge is -2.31. The number of fused-ring (bicyclic) bond motifs is 2. The van der Waals surface area contributed by atoms with E-state index in [2.05, 4.69) is 0 Å². The molecule has 0 saturated heterocycles. The first-order valence-electron chi connectivity index (χ1n) is 10.1. The van der Waals surface area contributed by atoms with Gasteiger partial charge in [-0.3, -0.25) is 14.4 Å². The summed E-state index contributed by atoms with van der Waals surface area (Å²) in [7, 11) is 1.45. The Hall–Kier alpha value is -2.70. The lowest BCUT2D eigenvalue weighted by molar-refractivity contribution is -0.144. The number of benzene rings is 1. The molecule has 29 heavy (non-hydrogen) atoms. The summed E-state index contributed by atoms with van der Waals surface area (Å²) < 4.78 is 10.9. The molecular weight excluding hydrogens is 376 g/mol. The second kappa shape index (κ2) is 9.20. The van der Waals surface area contributed by atoms with Crippen LogP contribution in [0, 0.1) is 5.92 Å². The molecule has 1 aromatic rings. The number of phenols is 1. The van der Waals surface area contributed by atoms with Crippen molar-refractivity contribution in [1.82, 2.24) is 0 Å². The molecule has 3 rings (SSSR count). The van der Waals surface area contributed by atoms with Crippen molar-refractivity contribution in [1.29, 1.82) is 0 Å². The SMILES string of the molecule is COc1cc(O)c2c(c1)CCCC(=O)C(=O)C(=O)CCC1CCCCC1OC2=O. The van der Waals surface area contributed by atoms with Gasteiger partial charge in [0.2, 0.25) is 11.6 Å². The molecule has 2 atom stereocenters. The standard InChI is InChI=1S/C22H26O7/c1-28-15-11-14-6-4-7-16(23)21(26)17(24)10-9-13-5-2-3-8-19(13)29-22(27)20(14)18(25)12-15/h11-13,19,25H,2-10H2,1H3. The minimum absolute atomic E-state index is 0.0116. The van der Waals surface area contributed by atoms with Crippen LogP contribution in [0.2, 0.25) is 0 Å². The first-order valence-corrected chi connectivity index (χ1v) is 10.1. The first-order chi connectivity index (χ1) is 13.9. The molecule has 0 spiro atoms. The molecule has 1 fully saturated rings. The molecule has 0 radical (unpaired) electrons. The van der Waals surface area contributed by atoms with Crippen LogP contribution >= 0.6 is 0 Å². The van der Waals surface area contributed by atoms with Crippen molar-refractivity contribution in [3.8, 4) is 11.5 Å². The van der Waals surface area contributed by atoms with Crippen molar-refractivity contribution in [2.45, 2.75) is 63.9 Å². The number of aryl methyl sites for hydroxylation is 1. The Bertz CT molecular complexity index is 827. The Morgan fingerprint density at radius 2 is 1.66 bits per heavy atom. The van der Waals surface area contributed by atoms with Crippen LogP contribution in [-0.2, 0) is 25.5 Å². The number of ether oxygens (including phenoxy) is 2. The van der Waals surface area contributed by atoms with Crippen LogP contribution in [0.25, 0.3) is 0 Å². The minimum atomic E-state index is -0.944. The second-order valence-electron chi connectivity index (χ2n) is 7.74. The molecule has 1 saturated carbocycles. The van der Waals surface area contributed by atoms with Crippen LogP contribution < -0.4 is 4.74 Å². The molecule has 7 heteroatoms. The van der Waals surface area contributed by atoms with Crippen LogP contribution in [0.4, 0.5) is 0 Å². The van der Waals surface area contributed by atoms with E-state index in [1.807, 2.05) is 0 Å². The maximum atomic E-state index is 12.9. The highest BCUT2D eigenvalue weighted by atomic mass is 16.5. The second-order valence-corrected chi connectivity index (χ2v) is 7.74. The molecule has 1 N–H and O–H groups in total. The highest BCUT2D eigenvalue weighted by Crippen LogP contribution is 2.34. The van der Waals surface area contributed by atoms with Crippen LogP contribution in [-0.4, -0.2) is 41.6 Å². The van der Waals surface area contributed by atoms with Gasteiger partial charge in [-0.2, -0.15) is 0 Å². The summed E-state index contributed by atoms with van der Waals surface area (Å²) in [5.41, 5.74) is 0.560. The van der Waals surface area contributed by atoms with Gasteiger partial charge >= 0.3 is 5.97 Å². The third kappa shape index (κ3) is 4.83. The van der Waals surface area contributed by atoms with Crippen LogP contribution in [0.5, 0.6) is 11.5 Å². The maximum Gasteiger partial charge on any atom is 0.342 e. The zero-order valence-corrected chi connectivity index (χ0v) is 16.6. The van der Waals surface area contributed by atoms with Crippen LogP contribution in [0.1, 0.15) is 67.3 Å². The fourth-order valence-electron chi connectivity index (χ4n) is 4.20. The zero-order valence-electron chi connectivity index (χ0n) is 16.6. The monoisotopic (exact) mass is 402 g/mol. The molecular formula is C22H26O7. The first kappa shape index (κ1) is 21.0. The molecule has 156 valence electrons. The van der Waals surface area contributed by atoms with Gasteiger partial charge in [-0.1, -0.05) is 6.42 Å². The summed E-state index contributed by atoms with van der Waals surface area (Å²) in [6.45, 7) is 0. The van der Waals surface area contributed by atoms with Crippen molar-refractivity contribution < 1.29 is 33.8 Å². The molecule has 0 aromatic heterocycles. The smallest absolute Gasteiger partial charge is 0.342 e. The fraction of sp³-hybridized carbons (Fsp3) is 0.545. The summed E-state index contributed by atoms with van der Waals surface area (Å²) >= 11 is 0. The molecule has 1 aromatic carbocycles. The number of carbonyl (C=O) groups excluding carboxylic acids is 4. The van der Waals surface area contributed by atoms with Crippen molar-refractivity contribution in [3.05, 3.63) is 23.3 Å². The molecule has 2 aliphatic rings. The van der Waals surface area contributed by atoms with Gasteiger partial charge < -0.3 is 14.6 Å². The van der Waals surface area contributed by atoms with Crippen molar-refractivity contribution in [2.24, 2.45) is 5.92 Å². The Balaban J connectivity index is 1.95. The van der Waals surface area contributed by atoms with E-state index in [1.54, 1.807) is 6.07 Å². The van der Waals surface area contributed by atoms with Gasteiger partial charge in [-0.25, -0.2) is 4.79 Å². The van der Waals surface area contributed by atoms with Gasteiger partial charge in [0.15, 0.2) is 0 Å². The average molecular weight is 402 g/mol. The number of aromatic hydroxyl groups is 1. The van der Waals surface area contributed by atoms with E-state index in [9.17, 15) is 24.3 Å². The zero-order chi connectivity index (χ0) is 21.0. The lowest BCUT2D eigenvalue weighted by atomic mass is 9.82. The Morgan fingerprint density at radius 1 is 0.931 bits per heavy atom. The van der Waals surface area contributed by atoms with Crippen LogP contribution in [0.15, 0.2) is 12.1 Å². The highest BCUT2D eigenvalue weighted by Gasteiger charge is 2.32. The third-order valence-corrected chi connectivity index (χ3v) is 5.81. The van der Waals surface area contributed by atoms with Gasteiger partial charge in [0.25, 0.3) is 5.78 Å². The van der Waals surface area contributed by atoms with Gasteiger partial charge in [0.1, 0.15) is 23.2 Å². The number of rotatable bonds is 1. The number of carbonyl (C=O) groups is 4. The maximum absolute atomic E-state index is 12.9. The topological polar surface area (TPSA) is 107 Å². The molecule has 0 bridgehead atoms. The van der Waals surface area contributed by atoms with Crippen molar-refractivity contribution in [2.75, 3.05) is 7.11 Å². The van der Waals surface area contributed by atoms with Crippen molar-refractivity contribution >= 4 is 23.3 Å². The lowest BCUT2D eigenvalue weighted by Crippen LogP contribution is -2.32. The van der Waals surface area contributed by atoms with E-state index in [-0.39, 0.29) is 49.0 Å². The quantitative estimate of drug-likeness (QED) is 0.568. The average Bonchev–Trinajstić information content (AvgIpc) is 2.71. The number of phenolic OH excluding ortho intramolecular Hbond substituents is 1. The molecule has 2 unspecified atom stereocenters. The fourth-order valence-corrected chi connectivity index (χ4v) is 4.20. The van der Waals surface area contributed by atoms with Crippen LogP contribution in [0.3, 0.4) is 0 Å². The number of esters is 1. The summed E-state index contributed by atoms with van der Waals surface area (Å²) in [6, 6.07) is 2.98. The predicted molar refractivity (Wildman–Crippen MR) is 103 cm³/mol. The van der Waals surface area contributed by atoms with E-state index in [1.165, 1.54) is 13.2 Å². The summed E-state index contributed by atoms with van der Waals surface area (Å²) in [6.07, 6.45) is 3.75. The van der Waals surface area contributed by atoms with E-state index in [4.69, 9.17) is 9.47 Å². The number of hydrogen-bond donors (Lipinski definition) is 1. The largest absolute Gasteiger partial charge is 0.507 e. The van der Waals surface area contributed by atoms with Gasteiger partial charge in [-0.05, 0) is 56.1 Å². The number of ketones is 3. The molecule has 1 aliphatic carbocycles. The summed E-state index contributed by atoms with van der Waals surface area (Å²) in [4.78, 5) is 49.2. The van der Waals surface area contributed by atoms with E-state index < -0.39 is 23.3 Å². The minimum Gasteiger partial charge on any atom is -0.507 e. The summed E-state index contributed by atoms with van der Waals surface area (Å²) in [5.74, 6) is -2.83. The number of hydrogen-bond acceptors (Lipinski definition) is 7. The Labute approximate surface area is 169 Å². The molecule has 1 aliphatic heterocycles. The summed E-state index contributed by atoms with van der Waals surface area (Å²) in [5, 5.41) is 10.4. The van der Waals surface area contributed by atoms with E-state index in [0.29, 0.717) is 24.2 Å². The predicted octanol–water partition coefficient (Wildman–Crippen LogP) is 2.94. The van der Waals surface area contributed by atoms with Crippen molar-refractivity contribution in [3.63, 3.8) is 0 Å². The number of methoxy groups -OCH3 is 1. The Kier molecular flexibility index (Phi) is 6.67. The molecule has 7 nitrogen and oxygen atoms in total.